The highest BCUT2D eigenvalue weighted by molar-refractivity contribution is 5.89. The number of benzene rings is 1. The Hall–Kier alpha value is -3.18. The van der Waals surface area contributed by atoms with Crippen molar-refractivity contribution in [2.24, 2.45) is 0 Å². The first-order valence-electron chi connectivity index (χ1n) is 13.5. The van der Waals surface area contributed by atoms with Crippen LogP contribution in [0.2, 0.25) is 0 Å². The molecule has 1 fully saturated rings. The van der Waals surface area contributed by atoms with Gasteiger partial charge in [0, 0.05) is 38.8 Å². The molecule has 3 heterocycles. The number of hydrogen-bond donors (Lipinski definition) is 1. The first kappa shape index (κ1) is 25.9. The van der Waals surface area contributed by atoms with Crippen molar-refractivity contribution < 1.29 is 1.43 Å². The average molecular weight is 486 g/mol. The van der Waals surface area contributed by atoms with E-state index in [1.807, 2.05) is 26.2 Å². The molecule has 5 nitrogen and oxygen atoms in total. The van der Waals surface area contributed by atoms with Gasteiger partial charge >= 0.3 is 0 Å². The van der Waals surface area contributed by atoms with Crippen molar-refractivity contribution in [3.05, 3.63) is 78.1 Å². The second kappa shape index (κ2) is 12.7. The van der Waals surface area contributed by atoms with E-state index in [1.165, 1.54) is 53.4 Å². The summed E-state index contributed by atoms with van der Waals surface area (Å²) in [6.45, 7) is 7.23. The van der Waals surface area contributed by atoms with Crippen molar-refractivity contribution in [2.45, 2.75) is 52.0 Å². The SMILES string of the molecule is CC.CN1CCC(N(C)c2cc(CCCNc3cc4cc(C5=CCC=C5)ccc4cn3)ccn2)CC1.[HH]. The monoisotopic (exact) mass is 485 g/mol. The molecular formula is C31H43N5. The van der Waals surface area contributed by atoms with E-state index in [1.54, 1.807) is 0 Å². The van der Waals surface area contributed by atoms with Crippen LogP contribution in [0.1, 0.15) is 52.1 Å². The second-order valence-electron chi connectivity index (χ2n) is 9.63. The Balaban J connectivity index is 0.00000124. The zero-order valence-electron chi connectivity index (χ0n) is 22.4. The topological polar surface area (TPSA) is 44.3 Å². The quantitative estimate of drug-likeness (QED) is 0.355. The molecule has 0 atom stereocenters. The molecule has 5 rings (SSSR count). The Morgan fingerprint density at radius 2 is 1.89 bits per heavy atom. The molecule has 0 bridgehead atoms. The normalized spacial score (nSPS) is 15.9. The van der Waals surface area contributed by atoms with Crippen LogP contribution in [0.25, 0.3) is 16.3 Å². The first-order valence-corrected chi connectivity index (χ1v) is 13.5. The standard InChI is InChI=1S/C29H35N5.C2H6.H2/c1-33-16-12-27(13-17-33)34(2)29-18-22(11-15-31-29)6-5-14-30-28-20-26-19-24(23-7-3-4-8-23)9-10-25(26)21-32-28;1-2;/h3,7-11,15,18-21,27H,4-6,12-14,16-17H2,1-2H3,(H,30,32);1-2H3;1H. The van der Waals surface area contributed by atoms with Gasteiger partial charge in [-0.05, 0) is 98.6 Å². The van der Waals surface area contributed by atoms with Gasteiger partial charge in [-0.1, -0.05) is 44.2 Å². The molecule has 0 saturated carbocycles. The minimum absolute atomic E-state index is 0. The molecule has 0 amide bonds. The lowest BCUT2D eigenvalue weighted by molar-refractivity contribution is 0.252. The Bertz CT molecular complexity index is 1200. The van der Waals surface area contributed by atoms with Crippen molar-refractivity contribution in [1.29, 1.82) is 0 Å². The maximum atomic E-state index is 4.65. The summed E-state index contributed by atoms with van der Waals surface area (Å²) in [6, 6.07) is 13.8. The molecule has 192 valence electrons. The third-order valence-electron chi connectivity index (χ3n) is 7.18. The molecule has 1 aliphatic carbocycles. The molecule has 1 aromatic carbocycles. The van der Waals surface area contributed by atoms with E-state index in [-0.39, 0.29) is 1.43 Å². The van der Waals surface area contributed by atoms with Gasteiger partial charge in [0.15, 0.2) is 0 Å². The van der Waals surface area contributed by atoms with Crippen molar-refractivity contribution in [2.75, 3.05) is 43.9 Å². The first-order chi connectivity index (χ1) is 17.7. The summed E-state index contributed by atoms with van der Waals surface area (Å²) in [5, 5.41) is 5.92. The number of aryl methyl sites for hydroxylation is 1. The fraction of sp³-hybridized carbons (Fsp3) is 0.419. The van der Waals surface area contributed by atoms with Gasteiger partial charge in [-0.25, -0.2) is 9.97 Å². The summed E-state index contributed by atoms with van der Waals surface area (Å²) in [5.41, 5.74) is 3.93. The molecule has 1 saturated heterocycles. The molecule has 2 aromatic heterocycles. The highest BCUT2D eigenvalue weighted by Crippen LogP contribution is 2.26. The van der Waals surface area contributed by atoms with Crippen LogP contribution in [-0.2, 0) is 6.42 Å². The predicted molar refractivity (Wildman–Crippen MR) is 157 cm³/mol. The Morgan fingerprint density at radius 1 is 1.06 bits per heavy atom. The lowest BCUT2D eigenvalue weighted by Gasteiger charge is -2.35. The van der Waals surface area contributed by atoms with E-state index in [9.17, 15) is 0 Å². The Kier molecular flexibility index (Phi) is 9.12. The Morgan fingerprint density at radius 3 is 2.67 bits per heavy atom. The van der Waals surface area contributed by atoms with Crippen LogP contribution in [0.15, 0.2) is 67.0 Å². The van der Waals surface area contributed by atoms with Crippen molar-refractivity contribution in [3.63, 3.8) is 0 Å². The van der Waals surface area contributed by atoms with E-state index >= 15 is 0 Å². The maximum Gasteiger partial charge on any atom is 0.128 e. The predicted octanol–water partition coefficient (Wildman–Crippen LogP) is 6.82. The zero-order valence-corrected chi connectivity index (χ0v) is 22.4. The molecule has 3 aromatic rings. The molecule has 0 spiro atoms. The number of nitrogens with zero attached hydrogens (tertiary/aromatic N) is 4. The van der Waals surface area contributed by atoms with Crippen molar-refractivity contribution >= 4 is 28.0 Å². The number of rotatable bonds is 8. The lowest BCUT2D eigenvalue weighted by atomic mass is 10.0. The van der Waals surface area contributed by atoms with Crippen LogP contribution in [0.4, 0.5) is 11.6 Å². The van der Waals surface area contributed by atoms with E-state index in [0.29, 0.717) is 6.04 Å². The van der Waals surface area contributed by atoms with Gasteiger partial charge in [-0.15, -0.1) is 0 Å². The molecule has 1 aliphatic heterocycles. The molecule has 36 heavy (non-hydrogen) atoms. The maximum absolute atomic E-state index is 4.65. The largest absolute Gasteiger partial charge is 0.370 e. The number of allylic oxidation sites excluding steroid dienone is 4. The third kappa shape index (κ3) is 6.52. The minimum Gasteiger partial charge on any atom is -0.370 e. The molecule has 5 heteroatoms. The van der Waals surface area contributed by atoms with Crippen LogP contribution < -0.4 is 10.2 Å². The zero-order chi connectivity index (χ0) is 25.3. The number of pyridine rings is 2. The van der Waals surface area contributed by atoms with Gasteiger partial charge in [-0.3, -0.25) is 0 Å². The van der Waals surface area contributed by atoms with E-state index in [4.69, 9.17) is 0 Å². The summed E-state index contributed by atoms with van der Waals surface area (Å²) in [4.78, 5) is 14.1. The number of anilines is 2. The van der Waals surface area contributed by atoms with Gasteiger partial charge in [0.1, 0.15) is 11.6 Å². The minimum atomic E-state index is 0. The van der Waals surface area contributed by atoms with Crippen LogP contribution in [0.3, 0.4) is 0 Å². The molecule has 0 radical (unpaired) electrons. The number of piperidine rings is 1. The second-order valence-corrected chi connectivity index (χ2v) is 9.63. The number of likely N-dealkylation sites (tertiary alicyclic amines) is 1. The highest BCUT2D eigenvalue weighted by Gasteiger charge is 2.21. The number of aromatic nitrogens is 2. The van der Waals surface area contributed by atoms with Gasteiger partial charge in [0.2, 0.25) is 0 Å². The lowest BCUT2D eigenvalue weighted by Crippen LogP contribution is -2.42. The number of nitrogens with one attached hydrogen (secondary N) is 1. The molecule has 0 unspecified atom stereocenters. The fourth-order valence-electron chi connectivity index (χ4n) is 4.98. The summed E-state index contributed by atoms with van der Waals surface area (Å²) < 4.78 is 0. The highest BCUT2D eigenvalue weighted by atomic mass is 15.2. The van der Waals surface area contributed by atoms with E-state index in [0.717, 1.165) is 37.4 Å². The average Bonchev–Trinajstić information content (AvgIpc) is 3.47. The van der Waals surface area contributed by atoms with Crippen molar-refractivity contribution in [3.8, 4) is 0 Å². The number of hydrogen-bond acceptors (Lipinski definition) is 5. The summed E-state index contributed by atoms with van der Waals surface area (Å²) >= 11 is 0. The van der Waals surface area contributed by atoms with E-state index in [2.05, 4.69) is 93.8 Å². The molecule has 1 N–H and O–H groups in total. The van der Waals surface area contributed by atoms with Crippen LogP contribution in [0.5, 0.6) is 0 Å². The fourth-order valence-corrected chi connectivity index (χ4v) is 4.98. The number of fused-ring (bicyclic) bond motifs is 1. The van der Waals surface area contributed by atoms with Crippen LogP contribution >= 0.6 is 0 Å². The summed E-state index contributed by atoms with van der Waals surface area (Å²) in [7, 11) is 4.40. The van der Waals surface area contributed by atoms with Crippen molar-refractivity contribution in [1.82, 2.24) is 14.9 Å². The summed E-state index contributed by atoms with van der Waals surface area (Å²) in [5.74, 6) is 2.04. The van der Waals surface area contributed by atoms with Gasteiger partial charge < -0.3 is 15.1 Å². The molecule has 2 aliphatic rings. The Labute approximate surface area is 218 Å². The smallest absolute Gasteiger partial charge is 0.128 e. The van der Waals surface area contributed by atoms with Crippen LogP contribution in [-0.4, -0.2) is 54.6 Å². The third-order valence-corrected chi connectivity index (χ3v) is 7.18. The molecular weight excluding hydrogens is 442 g/mol. The van der Waals surface area contributed by atoms with Gasteiger partial charge in [-0.2, -0.15) is 0 Å². The van der Waals surface area contributed by atoms with Crippen LogP contribution in [0, 0.1) is 0 Å². The van der Waals surface area contributed by atoms with Gasteiger partial charge in [0.25, 0.3) is 0 Å². The summed E-state index contributed by atoms with van der Waals surface area (Å²) in [6.07, 6.45) is 16.1. The van der Waals surface area contributed by atoms with E-state index < -0.39 is 0 Å². The van der Waals surface area contributed by atoms with Gasteiger partial charge in [0.05, 0.1) is 0 Å².